The number of rotatable bonds is 6. The molecule has 2 aromatic rings. The highest BCUT2D eigenvalue weighted by atomic mass is 32.1. The smallest absolute Gasteiger partial charge is 0.307 e. The first kappa shape index (κ1) is 13.7. The lowest BCUT2D eigenvalue weighted by Crippen LogP contribution is -2.11. The van der Waals surface area contributed by atoms with Crippen molar-refractivity contribution in [3.63, 3.8) is 0 Å². The van der Waals surface area contributed by atoms with Gasteiger partial charge in [0.2, 0.25) is 0 Å². The van der Waals surface area contributed by atoms with E-state index in [1.807, 2.05) is 37.4 Å². The third-order valence-corrected chi connectivity index (χ3v) is 3.59. The highest BCUT2D eigenvalue weighted by Crippen LogP contribution is 2.11. The van der Waals surface area contributed by atoms with Crippen LogP contribution in [0.2, 0.25) is 0 Å². The molecule has 0 fully saturated rings. The van der Waals surface area contributed by atoms with Crippen LogP contribution in [0.1, 0.15) is 21.0 Å². The van der Waals surface area contributed by atoms with Crippen LogP contribution in [0.15, 0.2) is 30.5 Å². The minimum atomic E-state index is -0.800. The van der Waals surface area contributed by atoms with E-state index >= 15 is 0 Å². The van der Waals surface area contributed by atoms with Gasteiger partial charge in [-0.3, -0.25) is 4.79 Å². The Morgan fingerprint density at radius 3 is 2.53 bits per heavy atom. The Kier molecular flexibility index (Phi) is 4.65. The van der Waals surface area contributed by atoms with Crippen LogP contribution in [0, 0.1) is 6.92 Å². The van der Waals surface area contributed by atoms with E-state index in [4.69, 9.17) is 5.11 Å². The SMILES string of the molecule is Cc1ncc(CNCc2ccc(CC(=O)O)cc2)s1. The summed E-state index contributed by atoms with van der Waals surface area (Å²) in [5, 5.41) is 13.1. The second-order valence-corrected chi connectivity index (χ2v) is 5.66. The molecule has 0 unspecified atom stereocenters. The second-order valence-electron chi connectivity index (χ2n) is 4.34. The third kappa shape index (κ3) is 4.46. The monoisotopic (exact) mass is 276 g/mol. The zero-order valence-electron chi connectivity index (χ0n) is 10.7. The Balaban J connectivity index is 1.81. The normalized spacial score (nSPS) is 10.6. The van der Waals surface area contributed by atoms with E-state index in [9.17, 15) is 4.79 Å². The van der Waals surface area contributed by atoms with Crippen molar-refractivity contribution in [2.45, 2.75) is 26.4 Å². The number of thiazole rings is 1. The number of aromatic nitrogens is 1. The first-order valence-electron chi connectivity index (χ1n) is 6.05. The van der Waals surface area contributed by atoms with Gasteiger partial charge in [-0.2, -0.15) is 0 Å². The number of benzene rings is 1. The standard InChI is InChI=1S/C14H16N2O2S/c1-10-16-9-13(19-10)8-15-7-12-4-2-11(3-5-12)6-14(17)18/h2-5,9,15H,6-8H2,1H3,(H,17,18). The Morgan fingerprint density at radius 2 is 1.95 bits per heavy atom. The summed E-state index contributed by atoms with van der Waals surface area (Å²) in [6.45, 7) is 3.57. The van der Waals surface area contributed by atoms with Crippen LogP contribution in [0.25, 0.3) is 0 Å². The predicted octanol–water partition coefficient (Wildman–Crippen LogP) is 2.37. The van der Waals surface area contributed by atoms with E-state index in [1.165, 1.54) is 4.88 Å². The van der Waals surface area contributed by atoms with Crippen LogP contribution < -0.4 is 5.32 Å². The lowest BCUT2D eigenvalue weighted by atomic mass is 10.1. The molecule has 0 bridgehead atoms. The summed E-state index contributed by atoms with van der Waals surface area (Å²) in [5.41, 5.74) is 1.98. The van der Waals surface area contributed by atoms with Gasteiger partial charge in [0.25, 0.3) is 0 Å². The van der Waals surface area contributed by atoms with E-state index in [1.54, 1.807) is 11.3 Å². The minimum absolute atomic E-state index is 0.0772. The lowest BCUT2D eigenvalue weighted by Gasteiger charge is -2.04. The number of nitrogens with zero attached hydrogens (tertiary/aromatic N) is 1. The van der Waals surface area contributed by atoms with Crippen molar-refractivity contribution in [1.29, 1.82) is 0 Å². The molecule has 0 atom stereocenters. The van der Waals surface area contributed by atoms with Crippen molar-refractivity contribution < 1.29 is 9.90 Å². The van der Waals surface area contributed by atoms with E-state index in [2.05, 4.69) is 10.3 Å². The van der Waals surface area contributed by atoms with Gasteiger partial charge in [0.05, 0.1) is 11.4 Å². The molecule has 1 heterocycles. The van der Waals surface area contributed by atoms with Gasteiger partial charge in [-0.1, -0.05) is 24.3 Å². The Bertz CT molecular complexity index is 549. The van der Waals surface area contributed by atoms with E-state index in [-0.39, 0.29) is 6.42 Å². The summed E-state index contributed by atoms with van der Waals surface area (Å²) < 4.78 is 0. The van der Waals surface area contributed by atoms with Gasteiger partial charge < -0.3 is 10.4 Å². The molecule has 1 aromatic carbocycles. The molecule has 5 heteroatoms. The number of aryl methyl sites for hydroxylation is 1. The molecule has 2 rings (SSSR count). The molecule has 1 aromatic heterocycles. The van der Waals surface area contributed by atoms with E-state index < -0.39 is 5.97 Å². The third-order valence-electron chi connectivity index (χ3n) is 2.68. The quantitative estimate of drug-likeness (QED) is 0.850. The molecule has 0 spiro atoms. The Hall–Kier alpha value is -1.72. The summed E-state index contributed by atoms with van der Waals surface area (Å²) in [5.74, 6) is -0.800. The summed E-state index contributed by atoms with van der Waals surface area (Å²) in [7, 11) is 0. The summed E-state index contributed by atoms with van der Waals surface area (Å²) in [6, 6.07) is 7.65. The van der Waals surface area contributed by atoms with Gasteiger partial charge >= 0.3 is 5.97 Å². The zero-order valence-corrected chi connectivity index (χ0v) is 11.5. The van der Waals surface area contributed by atoms with Crippen molar-refractivity contribution in [3.05, 3.63) is 51.5 Å². The van der Waals surface area contributed by atoms with Crippen LogP contribution >= 0.6 is 11.3 Å². The first-order valence-corrected chi connectivity index (χ1v) is 6.87. The minimum Gasteiger partial charge on any atom is -0.481 e. The van der Waals surface area contributed by atoms with Gasteiger partial charge in [0.15, 0.2) is 0 Å². The summed E-state index contributed by atoms with van der Waals surface area (Å²) in [6.07, 6.45) is 1.97. The summed E-state index contributed by atoms with van der Waals surface area (Å²) >= 11 is 1.69. The van der Waals surface area contributed by atoms with Crippen molar-refractivity contribution in [2.75, 3.05) is 0 Å². The number of hydrogen-bond donors (Lipinski definition) is 2. The van der Waals surface area contributed by atoms with Crippen molar-refractivity contribution in [1.82, 2.24) is 10.3 Å². The van der Waals surface area contributed by atoms with Gasteiger partial charge in [-0.05, 0) is 18.1 Å². The van der Waals surface area contributed by atoms with Crippen molar-refractivity contribution in [2.24, 2.45) is 0 Å². The van der Waals surface area contributed by atoms with E-state index in [0.717, 1.165) is 29.2 Å². The van der Waals surface area contributed by atoms with Crippen LogP contribution in [0.4, 0.5) is 0 Å². The maximum atomic E-state index is 10.6. The molecule has 0 radical (unpaired) electrons. The van der Waals surface area contributed by atoms with Crippen molar-refractivity contribution in [3.8, 4) is 0 Å². The number of carboxylic acids is 1. The van der Waals surface area contributed by atoms with E-state index in [0.29, 0.717) is 0 Å². The molecule has 19 heavy (non-hydrogen) atoms. The second kappa shape index (κ2) is 6.45. The number of carboxylic acid groups (broad SMARTS) is 1. The molecule has 0 aliphatic heterocycles. The molecule has 2 N–H and O–H groups in total. The Labute approximate surface area is 116 Å². The van der Waals surface area contributed by atoms with Gasteiger partial charge in [0, 0.05) is 24.2 Å². The van der Waals surface area contributed by atoms with Gasteiger partial charge in [-0.25, -0.2) is 4.98 Å². The maximum absolute atomic E-state index is 10.6. The largest absolute Gasteiger partial charge is 0.481 e. The number of aliphatic carboxylic acids is 1. The van der Waals surface area contributed by atoms with Crippen LogP contribution in [-0.4, -0.2) is 16.1 Å². The molecular formula is C14H16N2O2S. The number of hydrogen-bond acceptors (Lipinski definition) is 4. The van der Waals surface area contributed by atoms with Crippen LogP contribution in [0.5, 0.6) is 0 Å². The molecule has 0 saturated heterocycles. The van der Waals surface area contributed by atoms with Crippen LogP contribution in [-0.2, 0) is 24.3 Å². The summed E-state index contributed by atoms with van der Waals surface area (Å²) in [4.78, 5) is 16.0. The number of carbonyl (C=O) groups is 1. The average Bonchev–Trinajstić information content (AvgIpc) is 2.77. The molecule has 0 amide bonds. The fraction of sp³-hybridized carbons (Fsp3) is 0.286. The fourth-order valence-electron chi connectivity index (χ4n) is 1.77. The molecule has 100 valence electrons. The van der Waals surface area contributed by atoms with Gasteiger partial charge in [0.1, 0.15) is 0 Å². The lowest BCUT2D eigenvalue weighted by molar-refractivity contribution is -0.136. The predicted molar refractivity (Wildman–Crippen MR) is 75.2 cm³/mol. The highest BCUT2D eigenvalue weighted by molar-refractivity contribution is 7.11. The molecule has 0 aliphatic carbocycles. The average molecular weight is 276 g/mol. The molecular weight excluding hydrogens is 260 g/mol. The number of nitrogens with one attached hydrogen (secondary N) is 1. The van der Waals surface area contributed by atoms with Crippen molar-refractivity contribution >= 4 is 17.3 Å². The molecule has 0 saturated carbocycles. The highest BCUT2D eigenvalue weighted by Gasteiger charge is 2.01. The topological polar surface area (TPSA) is 62.2 Å². The Morgan fingerprint density at radius 1 is 1.26 bits per heavy atom. The maximum Gasteiger partial charge on any atom is 0.307 e. The fourth-order valence-corrected chi connectivity index (χ4v) is 2.53. The zero-order chi connectivity index (χ0) is 13.7. The molecule has 4 nitrogen and oxygen atoms in total. The molecule has 0 aliphatic rings. The first-order chi connectivity index (χ1) is 9.13. The van der Waals surface area contributed by atoms with Gasteiger partial charge in [-0.15, -0.1) is 11.3 Å². The van der Waals surface area contributed by atoms with Crippen LogP contribution in [0.3, 0.4) is 0 Å².